The quantitative estimate of drug-likeness (QED) is 0.640. The average Bonchev–Trinajstić information content (AvgIpc) is 2.88. The van der Waals surface area contributed by atoms with Crippen molar-refractivity contribution in [3.8, 4) is 0 Å². The molecule has 3 rings (SSSR count). The average molecular weight is 267 g/mol. The Morgan fingerprint density at radius 3 is 2.68 bits per heavy atom. The highest BCUT2D eigenvalue weighted by Gasteiger charge is 2.60. The summed E-state index contributed by atoms with van der Waals surface area (Å²) in [7, 11) is 0. The molecule has 3 atom stereocenters. The molecule has 19 heavy (non-hydrogen) atoms. The van der Waals surface area contributed by atoms with Gasteiger partial charge in [-0.05, 0) is 27.2 Å². The minimum atomic E-state index is -0.563. The molecule has 3 unspecified atom stereocenters. The van der Waals surface area contributed by atoms with E-state index in [9.17, 15) is 14.4 Å². The fourth-order valence-corrected chi connectivity index (χ4v) is 3.12. The van der Waals surface area contributed by atoms with Crippen LogP contribution in [-0.2, 0) is 9.53 Å². The number of amides is 4. The van der Waals surface area contributed by atoms with Gasteiger partial charge in [0.25, 0.3) is 5.91 Å². The molecule has 7 nitrogen and oxygen atoms in total. The van der Waals surface area contributed by atoms with Crippen LogP contribution >= 0.6 is 0 Å². The maximum Gasteiger partial charge on any atom is 0.410 e. The molecule has 7 heteroatoms. The van der Waals surface area contributed by atoms with Gasteiger partial charge in [-0.25, -0.2) is 9.59 Å². The number of hydrogen-bond donors (Lipinski definition) is 1. The Morgan fingerprint density at radius 2 is 2.05 bits per heavy atom. The number of nitrogens with zero attached hydrogens (tertiary/aromatic N) is 2. The summed E-state index contributed by atoms with van der Waals surface area (Å²) in [5, 5.41) is 2.30. The van der Waals surface area contributed by atoms with Crippen LogP contribution in [-0.4, -0.2) is 58.1 Å². The van der Waals surface area contributed by atoms with E-state index in [0.717, 1.165) is 0 Å². The summed E-state index contributed by atoms with van der Waals surface area (Å²) in [6.45, 7) is 5.85. The first kappa shape index (κ1) is 12.3. The topological polar surface area (TPSA) is 79.0 Å². The number of urea groups is 1. The number of nitrogens with one attached hydrogen (secondary N) is 1. The fraction of sp³-hybridized carbons (Fsp3) is 0.750. The van der Waals surface area contributed by atoms with E-state index in [1.54, 1.807) is 30.6 Å². The molecule has 0 aliphatic carbocycles. The molecule has 0 radical (unpaired) electrons. The Morgan fingerprint density at radius 1 is 1.37 bits per heavy atom. The lowest BCUT2D eigenvalue weighted by molar-refractivity contribution is -0.122. The van der Waals surface area contributed by atoms with Crippen molar-refractivity contribution in [1.29, 1.82) is 0 Å². The van der Waals surface area contributed by atoms with Crippen LogP contribution in [0.25, 0.3) is 0 Å². The van der Waals surface area contributed by atoms with E-state index >= 15 is 0 Å². The Hall–Kier alpha value is -1.79. The first-order chi connectivity index (χ1) is 8.78. The molecule has 0 aromatic rings. The lowest BCUT2D eigenvalue weighted by Crippen LogP contribution is -2.55. The minimum absolute atomic E-state index is 0.0750. The molecule has 2 bridgehead atoms. The molecule has 0 spiro atoms. The predicted molar refractivity (Wildman–Crippen MR) is 64.3 cm³/mol. The van der Waals surface area contributed by atoms with Gasteiger partial charge in [0.2, 0.25) is 0 Å². The summed E-state index contributed by atoms with van der Waals surface area (Å²) in [6.07, 6.45) is 0.245. The van der Waals surface area contributed by atoms with Crippen LogP contribution in [0, 0.1) is 0 Å². The standard InChI is InChI=1S/C12H17N3O4/c1-12(2,3)19-11(18)14-5-6-4-7(14)8-9(16)13-10(17)15(6)8/h6-8H,4-5H2,1-3H3,(H,13,16,17). The van der Waals surface area contributed by atoms with E-state index in [1.165, 1.54) is 0 Å². The van der Waals surface area contributed by atoms with Crippen molar-refractivity contribution >= 4 is 18.0 Å². The Bertz CT molecular complexity index is 470. The van der Waals surface area contributed by atoms with E-state index in [2.05, 4.69) is 5.32 Å². The van der Waals surface area contributed by atoms with Gasteiger partial charge < -0.3 is 14.5 Å². The Balaban J connectivity index is 1.78. The number of likely N-dealkylation sites (tertiary alicyclic amines) is 1. The van der Waals surface area contributed by atoms with Crippen molar-refractivity contribution in [1.82, 2.24) is 15.1 Å². The van der Waals surface area contributed by atoms with Crippen LogP contribution in [0.4, 0.5) is 9.59 Å². The molecule has 4 amide bonds. The number of carbonyl (C=O) groups is 3. The highest BCUT2D eigenvalue weighted by Crippen LogP contribution is 2.38. The molecule has 3 heterocycles. The zero-order valence-electron chi connectivity index (χ0n) is 11.2. The normalized spacial score (nSPS) is 32.7. The van der Waals surface area contributed by atoms with Gasteiger partial charge in [0.15, 0.2) is 0 Å². The molecule has 3 fully saturated rings. The highest BCUT2D eigenvalue weighted by atomic mass is 16.6. The maximum atomic E-state index is 12.1. The maximum absolute atomic E-state index is 12.1. The molecular formula is C12H17N3O4. The molecule has 104 valence electrons. The van der Waals surface area contributed by atoms with Gasteiger partial charge in [-0.15, -0.1) is 0 Å². The zero-order chi connectivity index (χ0) is 13.9. The number of hydrogen-bond acceptors (Lipinski definition) is 4. The van der Waals surface area contributed by atoms with E-state index in [4.69, 9.17) is 4.74 Å². The third-order valence-corrected chi connectivity index (χ3v) is 3.74. The second kappa shape index (κ2) is 3.61. The van der Waals surface area contributed by atoms with Crippen LogP contribution < -0.4 is 5.32 Å². The summed E-state index contributed by atoms with van der Waals surface area (Å²) in [5.74, 6) is -0.314. The molecular weight excluding hydrogens is 250 g/mol. The molecule has 0 aromatic heterocycles. The third-order valence-electron chi connectivity index (χ3n) is 3.74. The first-order valence-corrected chi connectivity index (χ1v) is 6.41. The van der Waals surface area contributed by atoms with Crippen molar-refractivity contribution in [3.63, 3.8) is 0 Å². The van der Waals surface area contributed by atoms with Gasteiger partial charge in [-0.3, -0.25) is 10.1 Å². The summed E-state index contributed by atoms with van der Waals surface area (Å²) >= 11 is 0. The zero-order valence-corrected chi connectivity index (χ0v) is 11.2. The Kier molecular flexibility index (Phi) is 2.33. The third kappa shape index (κ3) is 1.75. The van der Waals surface area contributed by atoms with Crippen LogP contribution in [0.1, 0.15) is 27.2 Å². The largest absolute Gasteiger partial charge is 0.444 e. The van der Waals surface area contributed by atoms with Gasteiger partial charge in [-0.2, -0.15) is 0 Å². The van der Waals surface area contributed by atoms with E-state index in [0.29, 0.717) is 13.0 Å². The van der Waals surface area contributed by atoms with Gasteiger partial charge in [0, 0.05) is 6.54 Å². The predicted octanol–water partition coefficient (Wildman–Crippen LogP) is 0.298. The molecule has 0 aromatic carbocycles. The number of carbonyl (C=O) groups excluding carboxylic acids is 3. The first-order valence-electron chi connectivity index (χ1n) is 6.41. The molecule has 0 saturated carbocycles. The monoisotopic (exact) mass is 267 g/mol. The van der Waals surface area contributed by atoms with Crippen molar-refractivity contribution in [3.05, 3.63) is 0 Å². The second-order valence-electron chi connectivity index (χ2n) is 6.24. The van der Waals surface area contributed by atoms with E-state index in [1.807, 2.05) is 0 Å². The van der Waals surface area contributed by atoms with Crippen molar-refractivity contribution in [2.45, 2.75) is 50.9 Å². The summed E-state index contributed by atoms with van der Waals surface area (Å²) < 4.78 is 5.34. The second-order valence-corrected chi connectivity index (χ2v) is 6.24. The highest BCUT2D eigenvalue weighted by molar-refractivity contribution is 6.05. The number of imide groups is 1. The molecule has 1 N–H and O–H groups in total. The van der Waals surface area contributed by atoms with E-state index in [-0.39, 0.29) is 24.0 Å². The minimum Gasteiger partial charge on any atom is -0.444 e. The van der Waals surface area contributed by atoms with Crippen molar-refractivity contribution in [2.75, 3.05) is 6.54 Å². The van der Waals surface area contributed by atoms with E-state index < -0.39 is 17.7 Å². The number of rotatable bonds is 0. The lowest BCUT2D eigenvalue weighted by atomic mass is 10.1. The summed E-state index contributed by atoms with van der Waals surface area (Å²) in [5.41, 5.74) is -0.563. The molecule has 3 aliphatic heterocycles. The smallest absolute Gasteiger partial charge is 0.410 e. The van der Waals surface area contributed by atoms with Crippen molar-refractivity contribution in [2.24, 2.45) is 0 Å². The van der Waals surface area contributed by atoms with Crippen LogP contribution in [0.3, 0.4) is 0 Å². The lowest BCUT2D eigenvalue weighted by Gasteiger charge is -2.35. The molecule has 3 saturated heterocycles. The molecule has 3 aliphatic rings. The van der Waals surface area contributed by atoms with Crippen LogP contribution in [0.15, 0.2) is 0 Å². The van der Waals surface area contributed by atoms with Crippen molar-refractivity contribution < 1.29 is 19.1 Å². The SMILES string of the molecule is CC(C)(C)OC(=O)N1CC2CC1C1C(=O)NC(=O)N21. The Labute approximate surface area is 110 Å². The van der Waals surface area contributed by atoms with Gasteiger partial charge in [0.1, 0.15) is 11.6 Å². The number of piperazine rings is 1. The summed E-state index contributed by atoms with van der Waals surface area (Å²) in [4.78, 5) is 38.6. The number of fused-ring (bicyclic) bond motifs is 5. The van der Waals surface area contributed by atoms with Gasteiger partial charge >= 0.3 is 12.1 Å². The van der Waals surface area contributed by atoms with Gasteiger partial charge in [0.05, 0.1) is 12.1 Å². The number of ether oxygens (including phenoxy) is 1. The van der Waals surface area contributed by atoms with Crippen LogP contribution in [0.2, 0.25) is 0 Å². The fourth-order valence-electron chi connectivity index (χ4n) is 3.12. The summed E-state index contributed by atoms with van der Waals surface area (Å²) in [6, 6.07) is -1.22. The van der Waals surface area contributed by atoms with Gasteiger partial charge in [-0.1, -0.05) is 0 Å². The van der Waals surface area contributed by atoms with Crippen LogP contribution in [0.5, 0.6) is 0 Å².